The standard InChI is InChI=1S/C10H14.C3H8/c1-3-9(2)10-7-5-4-6-8-10;1-3-2/h4-9H,3H2,1-2H3;3H2,1-2H3. The van der Waals surface area contributed by atoms with Gasteiger partial charge in [-0.2, -0.15) is 0 Å². The van der Waals surface area contributed by atoms with Gasteiger partial charge in [-0.1, -0.05) is 64.4 Å². The van der Waals surface area contributed by atoms with Crippen molar-refractivity contribution in [2.24, 2.45) is 0 Å². The molecule has 0 saturated carbocycles. The molecule has 1 atom stereocenters. The van der Waals surface area contributed by atoms with Crippen LogP contribution in [0.1, 0.15) is 52.0 Å². The molecule has 0 aliphatic heterocycles. The molecule has 74 valence electrons. The molecule has 0 spiro atoms. The predicted octanol–water partition coefficient (Wildman–Crippen LogP) is 4.62. The van der Waals surface area contributed by atoms with Gasteiger partial charge in [-0.3, -0.25) is 0 Å². The van der Waals surface area contributed by atoms with Gasteiger partial charge in [0, 0.05) is 0 Å². The maximum Gasteiger partial charge on any atom is -0.0193 e. The lowest BCUT2D eigenvalue weighted by atomic mass is 9.99. The van der Waals surface area contributed by atoms with E-state index in [-0.39, 0.29) is 0 Å². The number of hydrogen-bond donors (Lipinski definition) is 0. The average Bonchev–Trinajstić information content (AvgIpc) is 2.19. The molecule has 0 radical (unpaired) electrons. The van der Waals surface area contributed by atoms with Crippen molar-refractivity contribution in [3.63, 3.8) is 0 Å². The van der Waals surface area contributed by atoms with Crippen LogP contribution in [0.15, 0.2) is 30.3 Å². The molecule has 1 aromatic rings. The predicted molar refractivity (Wildman–Crippen MR) is 61.1 cm³/mol. The Balaban J connectivity index is 0.000000424. The van der Waals surface area contributed by atoms with Crippen LogP contribution in [0.4, 0.5) is 0 Å². The Morgan fingerprint density at radius 3 is 1.85 bits per heavy atom. The van der Waals surface area contributed by atoms with Crippen molar-refractivity contribution < 1.29 is 0 Å². The van der Waals surface area contributed by atoms with E-state index < -0.39 is 0 Å². The third-order valence-corrected chi connectivity index (χ3v) is 1.98. The van der Waals surface area contributed by atoms with Gasteiger partial charge in [0.2, 0.25) is 0 Å². The summed E-state index contributed by atoms with van der Waals surface area (Å²) in [6, 6.07) is 10.6. The summed E-state index contributed by atoms with van der Waals surface area (Å²) in [5, 5.41) is 0. The van der Waals surface area contributed by atoms with E-state index in [2.05, 4.69) is 58.0 Å². The largest absolute Gasteiger partial charge is 0.0656 e. The van der Waals surface area contributed by atoms with E-state index in [1.165, 1.54) is 18.4 Å². The summed E-state index contributed by atoms with van der Waals surface area (Å²) in [6.45, 7) is 8.73. The van der Waals surface area contributed by atoms with Gasteiger partial charge >= 0.3 is 0 Å². The van der Waals surface area contributed by atoms with Crippen molar-refractivity contribution in [1.82, 2.24) is 0 Å². The molecule has 0 aliphatic carbocycles. The molecule has 0 bridgehead atoms. The van der Waals surface area contributed by atoms with Crippen molar-refractivity contribution in [3.05, 3.63) is 35.9 Å². The summed E-state index contributed by atoms with van der Waals surface area (Å²) < 4.78 is 0. The van der Waals surface area contributed by atoms with E-state index in [4.69, 9.17) is 0 Å². The molecule has 13 heavy (non-hydrogen) atoms. The topological polar surface area (TPSA) is 0 Å². The van der Waals surface area contributed by atoms with Gasteiger partial charge < -0.3 is 0 Å². The van der Waals surface area contributed by atoms with Crippen molar-refractivity contribution in [1.29, 1.82) is 0 Å². The zero-order chi connectivity index (χ0) is 10.1. The first-order valence-corrected chi connectivity index (χ1v) is 5.31. The summed E-state index contributed by atoms with van der Waals surface area (Å²) >= 11 is 0. The van der Waals surface area contributed by atoms with Gasteiger partial charge in [0.1, 0.15) is 0 Å². The third-order valence-electron chi connectivity index (χ3n) is 1.98. The summed E-state index contributed by atoms with van der Waals surface area (Å²) in [4.78, 5) is 0. The Hall–Kier alpha value is -0.780. The lowest BCUT2D eigenvalue weighted by Crippen LogP contribution is -1.88. The molecule has 0 nitrogen and oxygen atoms in total. The summed E-state index contributed by atoms with van der Waals surface area (Å²) in [5.74, 6) is 0.709. The van der Waals surface area contributed by atoms with Crippen molar-refractivity contribution in [2.75, 3.05) is 0 Å². The molecule has 1 rings (SSSR count). The minimum atomic E-state index is 0.709. The van der Waals surface area contributed by atoms with Gasteiger partial charge in [-0.25, -0.2) is 0 Å². The van der Waals surface area contributed by atoms with Crippen molar-refractivity contribution in [3.8, 4) is 0 Å². The quantitative estimate of drug-likeness (QED) is 0.620. The summed E-state index contributed by atoms with van der Waals surface area (Å²) in [5.41, 5.74) is 1.45. The van der Waals surface area contributed by atoms with Crippen LogP contribution in [0.3, 0.4) is 0 Å². The molecule has 0 saturated heterocycles. The Morgan fingerprint density at radius 2 is 1.46 bits per heavy atom. The molecule has 0 aromatic heterocycles. The molecule has 0 heterocycles. The van der Waals surface area contributed by atoms with Gasteiger partial charge in [0.25, 0.3) is 0 Å². The molecular weight excluding hydrogens is 156 g/mol. The second-order valence-corrected chi connectivity index (χ2v) is 3.43. The molecule has 0 fully saturated rings. The molecule has 0 amide bonds. The first kappa shape index (κ1) is 12.2. The molecule has 0 heteroatoms. The number of rotatable bonds is 2. The highest BCUT2D eigenvalue weighted by atomic mass is 14.0. The van der Waals surface area contributed by atoms with E-state index >= 15 is 0 Å². The van der Waals surface area contributed by atoms with E-state index in [0.717, 1.165) is 0 Å². The first-order valence-electron chi connectivity index (χ1n) is 5.31. The van der Waals surface area contributed by atoms with Crippen LogP contribution in [-0.4, -0.2) is 0 Å². The minimum Gasteiger partial charge on any atom is -0.0656 e. The normalized spacial score (nSPS) is 11.4. The zero-order valence-corrected chi connectivity index (χ0v) is 9.38. The Labute approximate surface area is 83.0 Å². The third kappa shape index (κ3) is 5.46. The van der Waals surface area contributed by atoms with Crippen LogP contribution in [-0.2, 0) is 0 Å². The van der Waals surface area contributed by atoms with E-state index in [0.29, 0.717) is 5.92 Å². The van der Waals surface area contributed by atoms with Crippen LogP contribution >= 0.6 is 0 Å². The van der Waals surface area contributed by atoms with E-state index in [1.807, 2.05) is 0 Å². The second-order valence-electron chi connectivity index (χ2n) is 3.43. The molecule has 0 aliphatic rings. The minimum absolute atomic E-state index is 0.709. The molecular formula is C13H22. The zero-order valence-electron chi connectivity index (χ0n) is 9.38. The Kier molecular flexibility index (Phi) is 7.38. The maximum atomic E-state index is 2.26. The van der Waals surface area contributed by atoms with Crippen LogP contribution in [0.5, 0.6) is 0 Å². The van der Waals surface area contributed by atoms with Crippen LogP contribution in [0.25, 0.3) is 0 Å². The maximum absolute atomic E-state index is 2.26. The Bertz CT molecular complexity index is 188. The highest BCUT2D eigenvalue weighted by Crippen LogP contribution is 2.16. The number of hydrogen-bond acceptors (Lipinski definition) is 0. The molecule has 1 unspecified atom stereocenters. The van der Waals surface area contributed by atoms with Gasteiger partial charge in [0.15, 0.2) is 0 Å². The van der Waals surface area contributed by atoms with Gasteiger partial charge in [-0.15, -0.1) is 0 Å². The SMILES string of the molecule is CCC.CCC(C)c1ccccc1. The van der Waals surface area contributed by atoms with E-state index in [1.54, 1.807) is 0 Å². The van der Waals surface area contributed by atoms with Crippen LogP contribution < -0.4 is 0 Å². The fourth-order valence-electron chi connectivity index (χ4n) is 1.02. The van der Waals surface area contributed by atoms with Crippen molar-refractivity contribution >= 4 is 0 Å². The van der Waals surface area contributed by atoms with Crippen molar-refractivity contribution in [2.45, 2.75) is 46.5 Å². The highest BCUT2D eigenvalue weighted by Gasteiger charge is 1.98. The van der Waals surface area contributed by atoms with Gasteiger partial charge in [0.05, 0.1) is 0 Å². The smallest absolute Gasteiger partial charge is 0.0193 e. The monoisotopic (exact) mass is 178 g/mol. The lowest BCUT2D eigenvalue weighted by molar-refractivity contribution is 0.733. The second kappa shape index (κ2) is 7.85. The lowest BCUT2D eigenvalue weighted by Gasteiger charge is -2.06. The molecule has 0 N–H and O–H groups in total. The summed E-state index contributed by atoms with van der Waals surface area (Å²) in [6.07, 6.45) is 2.48. The number of benzene rings is 1. The molecule has 1 aromatic carbocycles. The fraction of sp³-hybridized carbons (Fsp3) is 0.538. The summed E-state index contributed by atoms with van der Waals surface area (Å²) in [7, 11) is 0. The highest BCUT2D eigenvalue weighted by molar-refractivity contribution is 5.18. The van der Waals surface area contributed by atoms with Crippen LogP contribution in [0.2, 0.25) is 0 Å². The Morgan fingerprint density at radius 1 is 1.00 bits per heavy atom. The van der Waals surface area contributed by atoms with Gasteiger partial charge in [-0.05, 0) is 17.9 Å². The fourth-order valence-corrected chi connectivity index (χ4v) is 1.02. The average molecular weight is 178 g/mol. The van der Waals surface area contributed by atoms with E-state index in [9.17, 15) is 0 Å². The first-order chi connectivity index (χ1) is 6.26. The van der Waals surface area contributed by atoms with Crippen LogP contribution in [0, 0.1) is 0 Å².